The normalized spacial score (nSPS) is 12.4. The highest BCUT2D eigenvalue weighted by atomic mass is 16.1. The molecular formula is C9H17N3O. The summed E-state index contributed by atoms with van der Waals surface area (Å²) in [6.07, 6.45) is 3.43. The molecular weight excluding hydrogens is 166 g/mol. The fourth-order valence-electron chi connectivity index (χ4n) is 1.03. The largest absolute Gasteiger partial charge is 0.325 e. The summed E-state index contributed by atoms with van der Waals surface area (Å²) in [5, 5.41) is 0. The number of nitrogens with one attached hydrogen (secondary N) is 1. The molecule has 13 heavy (non-hydrogen) atoms. The van der Waals surface area contributed by atoms with Gasteiger partial charge in [0.05, 0.1) is 0 Å². The third-order valence-corrected chi connectivity index (χ3v) is 2.49. The van der Waals surface area contributed by atoms with Crippen LogP contribution >= 0.6 is 0 Å². The molecule has 0 amide bonds. The lowest BCUT2D eigenvalue weighted by molar-refractivity contribution is 0.168. The van der Waals surface area contributed by atoms with Gasteiger partial charge in [-0.2, -0.15) is 0 Å². The Balaban J connectivity index is 2.80. The van der Waals surface area contributed by atoms with Crippen molar-refractivity contribution in [1.82, 2.24) is 14.5 Å². The quantitative estimate of drug-likeness (QED) is 0.742. The molecule has 0 spiro atoms. The Bertz CT molecular complexity index is 322. The Hall–Kier alpha value is -1.03. The average Bonchev–Trinajstić information content (AvgIpc) is 2.35. The molecule has 0 bridgehead atoms. The minimum Gasteiger partial charge on any atom is -0.313 e. The van der Waals surface area contributed by atoms with Gasteiger partial charge in [-0.3, -0.25) is 4.57 Å². The molecule has 1 aromatic heterocycles. The first-order valence-electron chi connectivity index (χ1n) is 4.35. The van der Waals surface area contributed by atoms with Crippen LogP contribution in [-0.2, 0) is 6.54 Å². The van der Waals surface area contributed by atoms with E-state index in [1.54, 1.807) is 17.0 Å². The number of aromatic nitrogens is 2. The number of rotatable bonds is 3. The second-order valence-corrected chi connectivity index (χ2v) is 4.10. The summed E-state index contributed by atoms with van der Waals surface area (Å²) in [4.78, 5) is 15.9. The van der Waals surface area contributed by atoms with Gasteiger partial charge in [-0.15, -0.1) is 0 Å². The Kier molecular flexibility index (Phi) is 2.61. The zero-order valence-corrected chi connectivity index (χ0v) is 8.66. The molecule has 1 aromatic rings. The van der Waals surface area contributed by atoms with E-state index in [0.717, 1.165) is 0 Å². The zero-order valence-electron chi connectivity index (χ0n) is 8.66. The molecule has 4 nitrogen and oxygen atoms in total. The zero-order chi connectivity index (χ0) is 10.1. The van der Waals surface area contributed by atoms with Gasteiger partial charge in [0, 0.05) is 24.5 Å². The molecule has 0 aliphatic rings. The molecule has 0 radical (unpaired) electrons. The predicted octanol–water partition coefficient (Wildman–Crippen LogP) is 0.517. The van der Waals surface area contributed by atoms with Crippen LogP contribution in [0.5, 0.6) is 0 Å². The lowest BCUT2D eigenvalue weighted by Gasteiger charge is -2.32. The van der Waals surface area contributed by atoms with E-state index < -0.39 is 0 Å². The molecule has 1 rings (SSSR count). The minimum atomic E-state index is -0.0464. The summed E-state index contributed by atoms with van der Waals surface area (Å²) in [6.45, 7) is 4.90. The maximum Gasteiger partial charge on any atom is 0.325 e. The van der Waals surface area contributed by atoms with Gasteiger partial charge < -0.3 is 9.88 Å². The number of imidazole rings is 1. The van der Waals surface area contributed by atoms with Crippen LogP contribution in [0.1, 0.15) is 13.8 Å². The highest BCUT2D eigenvalue weighted by Crippen LogP contribution is 2.11. The van der Waals surface area contributed by atoms with Gasteiger partial charge >= 0.3 is 5.69 Å². The number of hydrogen-bond acceptors (Lipinski definition) is 2. The van der Waals surface area contributed by atoms with Crippen molar-refractivity contribution in [1.29, 1.82) is 0 Å². The van der Waals surface area contributed by atoms with Gasteiger partial charge in [0.2, 0.25) is 0 Å². The van der Waals surface area contributed by atoms with Crippen LogP contribution in [0.2, 0.25) is 0 Å². The van der Waals surface area contributed by atoms with Crippen molar-refractivity contribution in [2.75, 3.05) is 14.1 Å². The number of aromatic amines is 1. The van der Waals surface area contributed by atoms with E-state index in [9.17, 15) is 4.79 Å². The Morgan fingerprint density at radius 2 is 2.15 bits per heavy atom. The monoisotopic (exact) mass is 183 g/mol. The van der Waals surface area contributed by atoms with Crippen LogP contribution in [0.25, 0.3) is 0 Å². The number of likely N-dealkylation sites (N-methyl/N-ethyl adjacent to an activating group) is 1. The number of nitrogens with zero attached hydrogens (tertiary/aromatic N) is 2. The third-order valence-electron chi connectivity index (χ3n) is 2.49. The van der Waals surface area contributed by atoms with Crippen LogP contribution in [0.4, 0.5) is 0 Å². The highest BCUT2D eigenvalue weighted by Gasteiger charge is 2.21. The summed E-state index contributed by atoms with van der Waals surface area (Å²) < 4.78 is 1.68. The lowest BCUT2D eigenvalue weighted by Crippen LogP contribution is -2.43. The summed E-state index contributed by atoms with van der Waals surface area (Å²) >= 11 is 0. The fourth-order valence-corrected chi connectivity index (χ4v) is 1.03. The first kappa shape index (κ1) is 10.1. The number of H-pyrrole nitrogens is 1. The standard InChI is InChI=1S/C9H17N3O/c1-9(2,11(3)4)7-12-6-5-10-8(12)13/h5-6H,7H2,1-4H3,(H,10,13). The van der Waals surface area contributed by atoms with Crippen molar-refractivity contribution in [2.24, 2.45) is 0 Å². The summed E-state index contributed by atoms with van der Waals surface area (Å²) in [6, 6.07) is 0. The van der Waals surface area contributed by atoms with E-state index in [1.165, 1.54) is 0 Å². The summed E-state index contributed by atoms with van der Waals surface area (Å²) in [7, 11) is 4.02. The maximum absolute atomic E-state index is 11.2. The molecule has 4 heteroatoms. The van der Waals surface area contributed by atoms with E-state index >= 15 is 0 Å². The molecule has 1 heterocycles. The molecule has 0 saturated carbocycles. The van der Waals surface area contributed by atoms with E-state index in [-0.39, 0.29) is 11.2 Å². The van der Waals surface area contributed by atoms with Crippen LogP contribution in [-0.4, -0.2) is 34.1 Å². The highest BCUT2D eigenvalue weighted by molar-refractivity contribution is 4.83. The molecule has 0 aromatic carbocycles. The van der Waals surface area contributed by atoms with Gasteiger partial charge in [-0.25, -0.2) is 4.79 Å². The minimum absolute atomic E-state index is 0.00792. The molecule has 0 fully saturated rings. The summed E-state index contributed by atoms with van der Waals surface area (Å²) in [5.41, 5.74) is -0.0543. The maximum atomic E-state index is 11.2. The van der Waals surface area contributed by atoms with E-state index in [0.29, 0.717) is 6.54 Å². The Morgan fingerprint density at radius 3 is 2.54 bits per heavy atom. The summed E-state index contributed by atoms with van der Waals surface area (Å²) in [5.74, 6) is 0. The molecule has 0 unspecified atom stereocenters. The van der Waals surface area contributed by atoms with Crippen molar-refractivity contribution in [3.8, 4) is 0 Å². The molecule has 74 valence electrons. The van der Waals surface area contributed by atoms with Crippen LogP contribution in [0.3, 0.4) is 0 Å². The first-order chi connectivity index (χ1) is 5.93. The van der Waals surface area contributed by atoms with Gasteiger partial charge in [0.15, 0.2) is 0 Å². The van der Waals surface area contributed by atoms with Crippen molar-refractivity contribution >= 4 is 0 Å². The average molecular weight is 183 g/mol. The predicted molar refractivity (Wildman–Crippen MR) is 52.8 cm³/mol. The lowest BCUT2D eigenvalue weighted by atomic mass is 10.0. The van der Waals surface area contributed by atoms with E-state index in [2.05, 4.69) is 23.7 Å². The van der Waals surface area contributed by atoms with Crippen molar-refractivity contribution in [3.05, 3.63) is 22.9 Å². The van der Waals surface area contributed by atoms with Crippen molar-refractivity contribution in [2.45, 2.75) is 25.9 Å². The molecule has 1 N–H and O–H groups in total. The Morgan fingerprint density at radius 1 is 1.54 bits per heavy atom. The van der Waals surface area contributed by atoms with Crippen LogP contribution in [0, 0.1) is 0 Å². The molecule has 0 aliphatic carbocycles. The first-order valence-corrected chi connectivity index (χ1v) is 4.35. The smallest absolute Gasteiger partial charge is 0.313 e. The van der Waals surface area contributed by atoms with Gasteiger partial charge in [0.25, 0.3) is 0 Å². The van der Waals surface area contributed by atoms with Gasteiger partial charge in [-0.1, -0.05) is 0 Å². The molecule has 0 aliphatic heterocycles. The van der Waals surface area contributed by atoms with Crippen molar-refractivity contribution in [3.63, 3.8) is 0 Å². The van der Waals surface area contributed by atoms with Gasteiger partial charge in [0.1, 0.15) is 0 Å². The molecule has 0 atom stereocenters. The SMILES string of the molecule is CN(C)C(C)(C)Cn1cc[nH]c1=O. The third kappa shape index (κ3) is 2.21. The fraction of sp³-hybridized carbons (Fsp3) is 0.667. The van der Waals surface area contributed by atoms with Gasteiger partial charge in [-0.05, 0) is 27.9 Å². The van der Waals surface area contributed by atoms with Crippen molar-refractivity contribution < 1.29 is 0 Å². The number of hydrogen-bond donors (Lipinski definition) is 1. The second kappa shape index (κ2) is 3.38. The van der Waals surface area contributed by atoms with E-state index in [1.807, 2.05) is 14.1 Å². The molecule has 0 saturated heterocycles. The van der Waals surface area contributed by atoms with E-state index in [4.69, 9.17) is 0 Å². The second-order valence-electron chi connectivity index (χ2n) is 4.10. The Labute approximate surface area is 78.2 Å². The van der Waals surface area contributed by atoms with Crippen LogP contribution in [0.15, 0.2) is 17.2 Å². The topological polar surface area (TPSA) is 41.0 Å². The van der Waals surface area contributed by atoms with Crippen LogP contribution < -0.4 is 5.69 Å².